The highest BCUT2D eigenvalue weighted by molar-refractivity contribution is 5.14. The van der Waals surface area contributed by atoms with Crippen molar-refractivity contribution in [3.63, 3.8) is 0 Å². The molecule has 108 valence electrons. The molecular formula is C16H26O3. The SMILES string of the molecule is CC1(C)COC2(C[C@H]3CC[C@@H]4[C@H]3[C@H]2C[C@@]4(C)O)OC1. The molecule has 1 spiro atoms. The predicted octanol–water partition coefficient (Wildman–Crippen LogP) is 2.57. The average molecular weight is 266 g/mol. The Kier molecular flexibility index (Phi) is 2.36. The fourth-order valence-electron chi connectivity index (χ4n) is 5.43. The van der Waals surface area contributed by atoms with E-state index in [9.17, 15) is 5.11 Å². The van der Waals surface area contributed by atoms with E-state index < -0.39 is 5.60 Å². The predicted molar refractivity (Wildman–Crippen MR) is 71.5 cm³/mol. The third kappa shape index (κ3) is 1.61. The van der Waals surface area contributed by atoms with Crippen LogP contribution in [-0.4, -0.2) is 29.7 Å². The van der Waals surface area contributed by atoms with E-state index in [2.05, 4.69) is 13.8 Å². The molecule has 3 nitrogen and oxygen atoms in total. The van der Waals surface area contributed by atoms with Gasteiger partial charge in [-0.25, -0.2) is 0 Å². The number of fused-ring (bicyclic) bond motifs is 1. The molecular weight excluding hydrogens is 240 g/mol. The first-order valence-corrected chi connectivity index (χ1v) is 7.83. The Labute approximate surface area is 115 Å². The highest BCUT2D eigenvalue weighted by Gasteiger charge is 2.68. The molecule has 19 heavy (non-hydrogen) atoms. The molecule has 4 fully saturated rings. The van der Waals surface area contributed by atoms with Crippen LogP contribution in [0.25, 0.3) is 0 Å². The smallest absolute Gasteiger partial charge is 0.171 e. The highest BCUT2D eigenvalue weighted by atomic mass is 16.7. The standard InChI is InChI=1S/C16H26O3/c1-14(2)8-18-16(19-9-14)6-10-4-5-11-13(10)12(16)7-15(11,3)17/h10-13,17H,4-9H2,1-3H3/t10-,11-,12-,13+,15-/m1/s1. The Morgan fingerprint density at radius 2 is 1.63 bits per heavy atom. The summed E-state index contributed by atoms with van der Waals surface area (Å²) in [4.78, 5) is 0. The van der Waals surface area contributed by atoms with Gasteiger partial charge in [-0.2, -0.15) is 0 Å². The molecule has 0 aromatic heterocycles. The first kappa shape index (κ1) is 12.6. The van der Waals surface area contributed by atoms with Crippen LogP contribution in [0.1, 0.15) is 46.5 Å². The maximum atomic E-state index is 10.7. The molecule has 3 aliphatic carbocycles. The van der Waals surface area contributed by atoms with Gasteiger partial charge in [0.15, 0.2) is 5.79 Å². The second-order valence-electron chi connectivity index (χ2n) is 8.45. The van der Waals surface area contributed by atoms with Gasteiger partial charge in [-0.05, 0) is 43.9 Å². The van der Waals surface area contributed by atoms with Gasteiger partial charge in [-0.3, -0.25) is 0 Å². The molecule has 5 atom stereocenters. The molecule has 1 aliphatic heterocycles. The molecule has 0 aromatic rings. The number of hydrogen-bond acceptors (Lipinski definition) is 3. The van der Waals surface area contributed by atoms with Gasteiger partial charge in [0, 0.05) is 17.8 Å². The van der Waals surface area contributed by atoms with E-state index in [-0.39, 0.29) is 11.2 Å². The second-order valence-corrected chi connectivity index (χ2v) is 8.45. The molecule has 0 aromatic carbocycles. The number of aliphatic hydroxyl groups is 1. The molecule has 0 amide bonds. The fraction of sp³-hybridized carbons (Fsp3) is 1.00. The third-order valence-corrected chi connectivity index (χ3v) is 6.28. The quantitative estimate of drug-likeness (QED) is 0.732. The minimum absolute atomic E-state index is 0.128. The molecule has 1 saturated heterocycles. The normalized spacial score (nSPS) is 53.7. The fourth-order valence-corrected chi connectivity index (χ4v) is 5.43. The van der Waals surface area contributed by atoms with Gasteiger partial charge in [0.2, 0.25) is 0 Å². The van der Waals surface area contributed by atoms with Crippen LogP contribution in [0.15, 0.2) is 0 Å². The largest absolute Gasteiger partial charge is 0.390 e. The van der Waals surface area contributed by atoms with Crippen molar-refractivity contribution < 1.29 is 14.6 Å². The number of ether oxygens (including phenoxy) is 2. The molecule has 1 heterocycles. The summed E-state index contributed by atoms with van der Waals surface area (Å²) in [5, 5.41) is 10.7. The first-order valence-electron chi connectivity index (χ1n) is 7.83. The molecule has 1 N–H and O–H groups in total. The lowest BCUT2D eigenvalue weighted by Gasteiger charge is -2.45. The Balaban J connectivity index is 1.64. The maximum Gasteiger partial charge on any atom is 0.171 e. The molecule has 3 saturated carbocycles. The Morgan fingerprint density at radius 3 is 2.32 bits per heavy atom. The Morgan fingerprint density at radius 1 is 0.947 bits per heavy atom. The van der Waals surface area contributed by atoms with E-state index >= 15 is 0 Å². The van der Waals surface area contributed by atoms with Gasteiger partial charge >= 0.3 is 0 Å². The van der Waals surface area contributed by atoms with Crippen molar-refractivity contribution in [2.24, 2.45) is 29.1 Å². The van der Waals surface area contributed by atoms with E-state index in [0.29, 0.717) is 23.7 Å². The van der Waals surface area contributed by atoms with Crippen molar-refractivity contribution in [1.29, 1.82) is 0 Å². The number of rotatable bonds is 0. The summed E-state index contributed by atoms with van der Waals surface area (Å²) in [6.45, 7) is 8.00. The van der Waals surface area contributed by atoms with Crippen molar-refractivity contribution in [3.8, 4) is 0 Å². The minimum Gasteiger partial charge on any atom is -0.390 e. The zero-order chi connectivity index (χ0) is 13.5. The Hall–Kier alpha value is -0.120. The van der Waals surface area contributed by atoms with Gasteiger partial charge in [-0.1, -0.05) is 13.8 Å². The summed E-state index contributed by atoms with van der Waals surface area (Å²) in [5.74, 6) is 1.87. The van der Waals surface area contributed by atoms with Gasteiger partial charge in [0.1, 0.15) is 0 Å². The second kappa shape index (κ2) is 3.55. The molecule has 0 radical (unpaired) electrons. The van der Waals surface area contributed by atoms with Crippen molar-refractivity contribution in [2.45, 2.75) is 57.8 Å². The monoisotopic (exact) mass is 266 g/mol. The summed E-state index contributed by atoms with van der Waals surface area (Å²) in [5.41, 5.74) is -0.374. The van der Waals surface area contributed by atoms with Crippen LogP contribution >= 0.6 is 0 Å². The van der Waals surface area contributed by atoms with Crippen molar-refractivity contribution in [3.05, 3.63) is 0 Å². The third-order valence-electron chi connectivity index (χ3n) is 6.28. The van der Waals surface area contributed by atoms with Crippen LogP contribution in [0, 0.1) is 29.1 Å². The van der Waals surface area contributed by atoms with Crippen LogP contribution in [-0.2, 0) is 9.47 Å². The van der Waals surface area contributed by atoms with E-state index in [1.165, 1.54) is 12.8 Å². The zero-order valence-corrected chi connectivity index (χ0v) is 12.3. The first-order chi connectivity index (χ1) is 8.83. The van der Waals surface area contributed by atoms with Crippen molar-refractivity contribution >= 4 is 0 Å². The van der Waals surface area contributed by atoms with E-state index in [1.807, 2.05) is 6.92 Å². The minimum atomic E-state index is -0.503. The molecule has 3 heteroatoms. The average Bonchev–Trinajstić information content (AvgIpc) is 2.91. The summed E-state index contributed by atoms with van der Waals surface area (Å²) in [7, 11) is 0. The molecule has 4 aliphatic rings. The van der Waals surface area contributed by atoms with Crippen LogP contribution in [0.2, 0.25) is 0 Å². The lowest BCUT2D eigenvalue weighted by Crippen LogP contribution is -2.50. The van der Waals surface area contributed by atoms with E-state index in [4.69, 9.17) is 9.47 Å². The van der Waals surface area contributed by atoms with Crippen molar-refractivity contribution in [2.75, 3.05) is 13.2 Å². The van der Waals surface area contributed by atoms with Gasteiger partial charge in [-0.15, -0.1) is 0 Å². The summed E-state index contributed by atoms with van der Waals surface area (Å²) >= 11 is 0. The summed E-state index contributed by atoms with van der Waals surface area (Å²) in [6.07, 6.45) is 4.37. The molecule has 4 rings (SSSR count). The molecule has 0 bridgehead atoms. The van der Waals surface area contributed by atoms with Crippen LogP contribution in [0.3, 0.4) is 0 Å². The topological polar surface area (TPSA) is 38.7 Å². The van der Waals surface area contributed by atoms with Crippen LogP contribution < -0.4 is 0 Å². The summed E-state index contributed by atoms with van der Waals surface area (Å²) < 4.78 is 12.5. The van der Waals surface area contributed by atoms with E-state index in [0.717, 1.165) is 26.1 Å². The van der Waals surface area contributed by atoms with Crippen LogP contribution in [0.4, 0.5) is 0 Å². The molecule has 0 unspecified atom stereocenters. The van der Waals surface area contributed by atoms with Gasteiger partial charge in [0.25, 0.3) is 0 Å². The number of hydrogen-bond donors (Lipinski definition) is 1. The Bertz CT molecular complexity index is 391. The summed E-state index contributed by atoms with van der Waals surface area (Å²) in [6, 6.07) is 0. The zero-order valence-electron chi connectivity index (χ0n) is 12.3. The van der Waals surface area contributed by atoms with Crippen LogP contribution in [0.5, 0.6) is 0 Å². The highest BCUT2D eigenvalue weighted by Crippen LogP contribution is 2.66. The maximum absolute atomic E-state index is 10.7. The van der Waals surface area contributed by atoms with Gasteiger partial charge in [0.05, 0.1) is 18.8 Å². The lowest BCUT2D eigenvalue weighted by atomic mass is 9.88. The van der Waals surface area contributed by atoms with Crippen molar-refractivity contribution in [1.82, 2.24) is 0 Å². The van der Waals surface area contributed by atoms with Gasteiger partial charge < -0.3 is 14.6 Å². The van der Waals surface area contributed by atoms with E-state index in [1.54, 1.807) is 0 Å². The lowest BCUT2D eigenvalue weighted by molar-refractivity contribution is -0.317.